The van der Waals surface area contributed by atoms with Crippen LogP contribution >= 0.6 is 11.6 Å². The van der Waals surface area contributed by atoms with Crippen LogP contribution < -0.4 is 14.8 Å². The number of ether oxygens (including phenoxy) is 2. The van der Waals surface area contributed by atoms with E-state index in [0.29, 0.717) is 17.2 Å². The second kappa shape index (κ2) is 3.98. The van der Waals surface area contributed by atoms with Crippen molar-refractivity contribution in [3.05, 3.63) is 17.7 Å². The smallest absolute Gasteiger partial charge is 0.239 e. The predicted molar refractivity (Wildman–Crippen MR) is 56.7 cm³/mol. The Bertz CT molecular complexity index is 406. The molecule has 0 aliphatic carbocycles. The first-order chi connectivity index (χ1) is 7.20. The minimum atomic E-state index is -0.237. The predicted octanol–water partition coefficient (Wildman–Crippen LogP) is 1.90. The molecule has 0 bridgehead atoms. The topological polar surface area (TPSA) is 47.6 Å². The van der Waals surface area contributed by atoms with Crippen molar-refractivity contribution in [3.8, 4) is 11.5 Å². The van der Waals surface area contributed by atoms with E-state index in [1.54, 1.807) is 6.07 Å². The summed E-state index contributed by atoms with van der Waals surface area (Å²) >= 11 is 5.40. The molecule has 1 amide bonds. The number of amides is 1. The second-order valence-corrected chi connectivity index (χ2v) is 3.47. The fourth-order valence-electron chi connectivity index (χ4n) is 1.36. The Labute approximate surface area is 92.1 Å². The number of carbonyl (C=O) groups excluding carboxylic acids is 1. The Morgan fingerprint density at radius 3 is 2.80 bits per heavy atom. The first kappa shape index (κ1) is 10.1. The zero-order valence-electron chi connectivity index (χ0n) is 8.17. The highest BCUT2D eigenvalue weighted by Crippen LogP contribution is 2.36. The molecule has 0 radical (unpaired) electrons. The normalized spacial score (nSPS) is 12.7. The highest BCUT2D eigenvalue weighted by Gasteiger charge is 2.16. The Morgan fingerprint density at radius 2 is 2.13 bits per heavy atom. The number of aryl methyl sites for hydroxylation is 1. The van der Waals surface area contributed by atoms with Gasteiger partial charge in [-0.05, 0) is 18.6 Å². The van der Waals surface area contributed by atoms with Gasteiger partial charge in [0.1, 0.15) is 5.88 Å². The number of alkyl halides is 1. The number of nitrogens with one attached hydrogen (secondary N) is 1. The van der Waals surface area contributed by atoms with Gasteiger partial charge in [-0.2, -0.15) is 0 Å². The van der Waals surface area contributed by atoms with E-state index in [1.165, 1.54) is 0 Å². The van der Waals surface area contributed by atoms with Gasteiger partial charge in [0.15, 0.2) is 11.5 Å². The Morgan fingerprint density at radius 1 is 1.47 bits per heavy atom. The summed E-state index contributed by atoms with van der Waals surface area (Å²) in [5, 5.41) is 2.68. The number of hydrogen-bond donors (Lipinski definition) is 1. The van der Waals surface area contributed by atoms with Crippen molar-refractivity contribution in [2.24, 2.45) is 0 Å². The van der Waals surface area contributed by atoms with E-state index >= 15 is 0 Å². The fourth-order valence-corrected chi connectivity index (χ4v) is 1.43. The number of benzene rings is 1. The molecule has 0 aromatic heterocycles. The van der Waals surface area contributed by atoms with Gasteiger partial charge in [-0.1, -0.05) is 0 Å². The lowest BCUT2D eigenvalue weighted by atomic mass is 10.2. The maximum Gasteiger partial charge on any atom is 0.239 e. The summed E-state index contributed by atoms with van der Waals surface area (Å²) in [6.45, 7) is 2.10. The van der Waals surface area contributed by atoms with Gasteiger partial charge < -0.3 is 14.8 Å². The number of anilines is 1. The minimum absolute atomic E-state index is 0.0616. The maximum atomic E-state index is 11.1. The van der Waals surface area contributed by atoms with Crippen LogP contribution in [0, 0.1) is 6.92 Å². The van der Waals surface area contributed by atoms with Gasteiger partial charge in [0, 0.05) is 11.8 Å². The van der Waals surface area contributed by atoms with Crippen molar-refractivity contribution >= 4 is 23.2 Å². The molecule has 1 heterocycles. The van der Waals surface area contributed by atoms with Gasteiger partial charge >= 0.3 is 0 Å². The van der Waals surface area contributed by atoms with Crippen molar-refractivity contribution in [1.82, 2.24) is 0 Å². The lowest BCUT2D eigenvalue weighted by Crippen LogP contribution is -2.13. The van der Waals surface area contributed by atoms with Crippen molar-refractivity contribution in [2.45, 2.75) is 6.92 Å². The van der Waals surface area contributed by atoms with Crippen LogP contribution in [0.25, 0.3) is 0 Å². The van der Waals surface area contributed by atoms with Crippen LogP contribution in [0.4, 0.5) is 5.69 Å². The van der Waals surface area contributed by atoms with Crippen molar-refractivity contribution in [3.63, 3.8) is 0 Å². The molecule has 5 heteroatoms. The van der Waals surface area contributed by atoms with E-state index in [4.69, 9.17) is 21.1 Å². The van der Waals surface area contributed by atoms with Crippen LogP contribution in [0.1, 0.15) is 5.56 Å². The summed E-state index contributed by atoms with van der Waals surface area (Å²) in [7, 11) is 0. The summed E-state index contributed by atoms with van der Waals surface area (Å²) in [4.78, 5) is 11.1. The number of fused-ring (bicyclic) bond motifs is 1. The third kappa shape index (κ3) is 1.99. The summed E-state index contributed by atoms with van der Waals surface area (Å²) in [6, 6.07) is 3.56. The van der Waals surface area contributed by atoms with E-state index in [-0.39, 0.29) is 18.6 Å². The molecule has 1 aromatic carbocycles. The third-order valence-corrected chi connectivity index (χ3v) is 2.36. The Balaban J connectivity index is 2.28. The SMILES string of the molecule is Cc1cc2c(cc1NC(=O)CCl)OCO2. The van der Waals surface area contributed by atoms with E-state index < -0.39 is 0 Å². The van der Waals surface area contributed by atoms with Gasteiger partial charge in [-0.3, -0.25) is 4.79 Å². The first-order valence-corrected chi connectivity index (χ1v) is 5.00. The highest BCUT2D eigenvalue weighted by molar-refractivity contribution is 6.29. The summed E-state index contributed by atoms with van der Waals surface area (Å²) < 4.78 is 10.4. The molecule has 1 aromatic rings. The molecule has 0 saturated heterocycles. The molecule has 0 spiro atoms. The average molecular weight is 228 g/mol. The molecule has 1 aliphatic heterocycles. The molecular weight excluding hydrogens is 218 g/mol. The van der Waals surface area contributed by atoms with E-state index in [2.05, 4.69) is 5.32 Å². The van der Waals surface area contributed by atoms with Crippen LogP contribution in [0.2, 0.25) is 0 Å². The molecule has 4 nitrogen and oxygen atoms in total. The van der Waals surface area contributed by atoms with Gasteiger partial charge in [0.2, 0.25) is 12.7 Å². The van der Waals surface area contributed by atoms with Gasteiger partial charge in [-0.25, -0.2) is 0 Å². The maximum absolute atomic E-state index is 11.1. The zero-order valence-corrected chi connectivity index (χ0v) is 8.93. The molecular formula is C10H10ClNO3. The molecule has 15 heavy (non-hydrogen) atoms. The van der Waals surface area contributed by atoms with E-state index in [0.717, 1.165) is 5.56 Å². The number of hydrogen-bond acceptors (Lipinski definition) is 3. The van der Waals surface area contributed by atoms with Crippen molar-refractivity contribution in [2.75, 3.05) is 18.0 Å². The number of rotatable bonds is 2. The van der Waals surface area contributed by atoms with Gasteiger partial charge in [0.05, 0.1) is 0 Å². The molecule has 0 fully saturated rings. The summed E-state index contributed by atoms with van der Waals surface area (Å²) in [6.07, 6.45) is 0. The van der Waals surface area contributed by atoms with Crippen molar-refractivity contribution < 1.29 is 14.3 Å². The Hall–Kier alpha value is -1.42. The highest BCUT2D eigenvalue weighted by atomic mass is 35.5. The standard InChI is InChI=1S/C10H10ClNO3/c1-6-2-8-9(15-5-14-8)3-7(6)12-10(13)4-11/h2-3H,4-5H2,1H3,(H,12,13). The molecule has 1 aliphatic rings. The monoisotopic (exact) mass is 227 g/mol. The minimum Gasteiger partial charge on any atom is -0.454 e. The molecule has 80 valence electrons. The van der Waals surface area contributed by atoms with E-state index in [9.17, 15) is 4.79 Å². The average Bonchev–Trinajstić information content (AvgIpc) is 2.65. The lowest BCUT2D eigenvalue weighted by Gasteiger charge is -2.07. The second-order valence-electron chi connectivity index (χ2n) is 3.20. The molecule has 2 rings (SSSR count). The molecule has 0 unspecified atom stereocenters. The lowest BCUT2D eigenvalue weighted by molar-refractivity contribution is -0.113. The third-order valence-electron chi connectivity index (χ3n) is 2.12. The van der Waals surface area contributed by atoms with Crippen LogP contribution in [0.5, 0.6) is 11.5 Å². The molecule has 1 N–H and O–H groups in total. The fraction of sp³-hybridized carbons (Fsp3) is 0.300. The Kier molecular flexibility index (Phi) is 2.68. The first-order valence-electron chi connectivity index (χ1n) is 4.47. The summed E-state index contributed by atoms with van der Waals surface area (Å²) in [5.74, 6) is 1.05. The zero-order chi connectivity index (χ0) is 10.8. The molecule has 0 saturated carbocycles. The quantitative estimate of drug-likeness (QED) is 0.785. The van der Waals surface area contributed by atoms with Crippen LogP contribution in [-0.2, 0) is 4.79 Å². The van der Waals surface area contributed by atoms with Crippen molar-refractivity contribution in [1.29, 1.82) is 0 Å². The van der Waals surface area contributed by atoms with Crippen LogP contribution in [0.15, 0.2) is 12.1 Å². The molecule has 0 atom stereocenters. The summed E-state index contributed by atoms with van der Waals surface area (Å²) in [5.41, 5.74) is 1.61. The van der Waals surface area contributed by atoms with Gasteiger partial charge in [0.25, 0.3) is 0 Å². The van der Waals surface area contributed by atoms with E-state index in [1.807, 2.05) is 13.0 Å². The largest absolute Gasteiger partial charge is 0.454 e. The van der Waals surface area contributed by atoms with Crippen LogP contribution in [0.3, 0.4) is 0 Å². The number of carbonyl (C=O) groups is 1. The van der Waals surface area contributed by atoms with Crippen LogP contribution in [-0.4, -0.2) is 18.6 Å². The van der Waals surface area contributed by atoms with Gasteiger partial charge in [-0.15, -0.1) is 11.6 Å². The number of halogens is 1.